The summed E-state index contributed by atoms with van der Waals surface area (Å²) in [7, 11) is 0. The minimum absolute atomic E-state index is 0.405. The summed E-state index contributed by atoms with van der Waals surface area (Å²) in [5, 5.41) is 5.08. The van der Waals surface area contributed by atoms with Crippen LogP contribution in [0.3, 0.4) is 0 Å². The van der Waals surface area contributed by atoms with Crippen molar-refractivity contribution in [2.24, 2.45) is 0 Å². The molecule has 0 radical (unpaired) electrons. The molecule has 304 valence electrons. The lowest BCUT2D eigenvalue weighted by atomic mass is 10.2. The number of aryl methyl sites for hydroxylation is 1. The van der Waals surface area contributed by atoms with Gasteiger partial charge in [0.2, 0.25) is 0 Å². The van der Waals surface area contributed by atoms with Crippen molar-refractivity contribution in [3.63, 3.8) is 0 Å². The molecule has 0 amide bonds. The summed E-state index contributed by atoms with van der Waals surface area (Å²) in [4.78, 5) is 17.3. The lowest BCUT2D eigenvalue weighted by molar-refractivity contribution is 0.0224. The second kappa shape index (κ2) is 22.3. The molecule has 2 aliphatic rings. The number of nitrogen functional groups attached to an aromatic ring is 1. The Hall–Kier alpha value is -6.68. The summed E-state index contributed by atoms with van der Waals surface area (Å²) in [6.45, 7) is 7.89. The van der Waals surface area contributed by atoms with Crippen LogP contribution in [0.5, 0.6) is 23.0 Å². The Morgan fingerprint density at radius 3 is 1.51 bits per heavy atom. The van der Waals surface area contributed by atoms with Gasteiger partial charge in [0.15, 0.2) is 23.0 Å². The molecule has 0 fully saturated rings. The maximum Gasteiger partial charge on any atom is 0.163 e. The highest BCUT2D eigenvalue weighted by Gasteiger charge is 2.14. The first-order valence-corrected chi connectivity index (χ1v) is 19.0. The van der Waals surface area contributed by atoms with Crippen molar-refractivity contribution >= 4 is 39.0 Å². The second-order valence-electron chi connectivity index (χ2n) is 12.8. The van der Waals surface area contributed by atoms with E-state index in [2.05, 4.69) is 37.1 Å². The van der Waals surface area contributed by atoms with E-state index >= 15 is 0 Å². The molecule has 6 aromatic rings. The molecule has 0 aliphatic carbocycles. The molecule has 2 aliphatic heterocycles. The van der Waals surface area contributed by atoms with Crippen LogP contribution in [0.4, 0.5) is 17.2 Å². The number of nitrogens with two attached hydrogens (primary N) is 1. The van der Waals surface area contributed by atoms with E-state index in [1.165, 1.54) is 6.33 Å². The Morgan fingerprint density at radius 1 is 0.525 bits per heavy atom. The molecule has 59 heavy (non-hydrogen) atoms. The zero-order valence-corrected chi connectivity index (χ0v) is 32.9. The van der Waals surface area contributed by atoms with Crippen LogP contribution in [0.25, 0.3) is 21.8 Å². The summed E-state index contributed by atoms with van der Waals surface area (Å²) in [6.07, 6.45) is 13.7. The summed E-state index contributed by atoms with van der Waals surface area (Å²) < 4.78 is 45.1. The molecule has 0 bridgehead atoms. The smallest absolute Gasteiger partial charge is 0.163 e. The van der Waals surface area contributed by atoms with Crippen molar-refractivity contribution in [3.05, 3.63) is 102 Å². The zero-order valence-electron chi connectivity index (χ0n) is 32.9. The Kier molecular flexibility index (Phi) is 15.9. The first-order chi connectivity index (χ1) is 29.0. The van der Waals surface area contributed by atoms with Crippen molar-refractivity contribution in [1.29, 1.82) is 0 Å². The SMILES string of the molecule is C#Cc1cccc(N)c1.C#Cc1cccc(Nc2ncnc3cc4c(cc23)OCCOCCOCCO4)c1.Cc1ncnc2cc3c(cc12)OCCOCCOCCO3. The van der Waals surface area contributed by atoms with Gasteiger partial charge in [-0.2, -0.15) is 0 Å². The molecule has 4 aromatic carbocycles. The van der Waals surface area contributed by atoms with Crippen LogP contribution in [-0.4, -0.2) is 99.2 Å². The van der Waals surface area contributed by atoms with Crippen molar-refractivity contribution < 1.29 is 37.9 Å². The normalized spacial score (nSPS) is 14.7. The lowest BCUT2D eigenvalue weighted by Gasteiger charge is -2.16. The number of ether oxygens (including phenoxy) is 8. The van der Waals surface area contributed by atoms with Gasteiger partial charge >= 0.3 is 0 Å². The van der Waals surface area contributed by atoms with Crippen LogP contribution in [0.1, 0.15) is 16.8 Å². The van der Waals surface area contributed by atoms with E-state index in [4.69, 9.17) is 56.5 Å². The van der Waals surface area contributed by atoms with Gasteiger partial charge in [0, 0.05) is 51.1 Å². The first-order valence-electron chi connectivity index (χ1n) is 19.0. The van der Waals surface area contributed by atoms with Gasteiger partial charge in [0.25, 0.3) is 0 Å². The Balaban J connectivity index is 0.000000169. The summed E-state index contributed by atoms with van der Waals surface area (Å²) in [6, 6.07) is 22.4. The van der Waals surface area contributed by atoms with Gasteiger partial charge in [-0.25, -0.2) is 19.9 Å². The molecule has 14 nitrogen and oxygen atoms in total. The van der Waals surface area contributed by atoms with Gasteiger partial charge in [-0.05, 0) is 55.5 Å². The molecule has 2 aromatic heterocycles. The van der Waals surface area contributed by atoms with Crippen LogP contribution >= 0.6 is 0 Å². The van der Waals surface area contributed by atoms with Gasteiger partial charge in [-0.15, -0.1) is 12.8 Å². The molecule has 8 rings (SSSR count). The second-order valence-corrected chi connectivity index (χ2v) is 12.8. The molecule has 3 N–H and O–H groups in total. The summed E-state index contributed by atoms with van der Waals surface area (Å²) >= 11 is 0. The number of benzene rings is 4. The van der Waals surface area contributed by atoms with E-state index < -0.39 is 0 Å². The fraction of sp³-hybridized carbons (Fsp3) is 0.289. The van der Waals surface area contributed by atoms with Crippen molar-refractivity contribution in [1.82, 2.24) is 19.9 Å². The molecular weight excluding hydrogens is 753 g/mol. The van der Waals surface area contributed by atoms with E-state index in [1.807, 2.05) is 67.6 Å². The number of hydrogen-bond acceptors (Lipinski definition) is 14. The van der Waals surface area contributed by atoms with Crippen LogP contribution in [0.15, 0.2) is 85.5 Å². The van der Waals surface area contributed by atoms with Crippen LogP contribution in [0, 0.1) is 31.6 Å². The van der Waals surface area contributed by atoms with E-state index in [0.29, 0.717) is 114 Å². The predicted octanol–water partition coefficient (Wildman–Crippen LogP) is 6.15. The number of rotatable bonds is 2. The predicted molar refractivity (Wildman–Crippen MR) is 226 cm³/mol. The Morgan fingerprint density at radius 2 is 0.983 bits per heavy atom. The molecule has 0 saturated carbocycles. The molecule has 0 spiro atoms. The number of nitrogens with one attached hydrogen (secondary N) is 1. The minimum atomic E-state index is 0.405. The lowest BCUT2D eigenvalue weighted by Crippen LogP contribution is -2.15. The number of terminal acetylenes is 2. The number of nitrogens with zero attached hydrogens (tertiary/aromatic N) is 4. The van der Waals surface area contributed by atoms with Gasteiger partial charge in [0.1, 0.15) is 44.9 Å². The Bertz CT molecular complexity index is 2380. The highest BCUT2D eigenvalue weighted by Crippen LogP contribution is 2.35. The third-order valence-corrected chi connectivity index (χ3v) is 8.63. The molecule has 0 atom stereocenters. The number of anilines is 3. The molecule has 0 unspecified atom stereocenters. The van der Waals surface area contributed by atoms with Crippen molar-refractivity contribution in [2.45, 2.75) is 6.92 Å². The summed E-state index contributed by atoms with van der Waals surface area (Å²) in [5.74, 6) is 8.35. The third-order valence-electron chi connectivity index (χ3n) is 8.63. The highest BCUT2D eigenvalue weighted by molar-refractivity contribution is 5.93. The molecular formula is C45H46N6O8. The van der Waals surface area contributed by atoms with Gasteiger partial charge < -0.3 is 48.9 Å². The fourth-order valence-corrected chi connectivity index (χ4v) is 5.75. The maximum absolute atomic E-state index is 5.91. The highest BCUT2D eigenvalue weighted by atomic mass is 16.6. The number of hydrogen-bond donors (Lipinski definition) is 2. The topological polar surface area (TPSA) is 163 Å². The van der Waals surface area contributed by atoms with E-state index in [0.717, 1.165) is 44.3 Å². The quantitative estimate of drug-likeness (QED) is 0.151. The van der Waals surface area contributed by atoms with E-state index in [-0.39, 0.29) is 0 Å². The van der Waals surface area contributed by atoms with Gasteiger partial charge in [-0.1, -0.05) is 24.0 Å². The maximum atomic E-state index is 5.91. The average molecular weight is 799 g/mol. The minimum Gasteiger partial charge on any atom is -0.487 e. The molecule has 4 heterocycles. The largest absolute Gasteiger partial charge is 0.487 e. The van der Waals surface area contributed by atoms with Gasteiger partial charge in [0.05, 0.1) is 63.9 Å². The van der Waals surface area contributed by atoms with Crippen LogP contribution < -0.4 is 30.0 Å². The average Bonchev–Trinajstić information content (AvgIpc) is 3.24. The van der Waals surface area contributed by atoms with Crippen LogP contribution in [-0.2, 0) is 18.9 Å². The van der Waals surface area contributed by atoms with Crippen LogP contribution in [0.2, 0.25) is 0 Å². The van der Waals surface area contributed by atoms with Crippen molar-refractivity contribution in [3.8, 4) is 47.7 Å². The zero-order chi connectivity index (χ0) is 41.1. The number of fused-ring (bicyclic) bond motifs is 4. The van der Waals surface area contributed by atoms with Gasteiger partial charge in [-0.3, -0.25) is 0 Å². The third kappa shape index (κ3) is 12.7. The van der Waals surface area contributed by atoms with Crippen molar-refractivity contribution in [2.75, 3.05) is 90.3 Å². The fourth-order valence-electron chi connectivity index (χ4n) is 5.75. The van der Waals surface area contributed by atoms with E-state index in [1.54, 1.807) is 18.5 Å². The standard InChI is InChI=1S/C22H21N3O4.C15H18N2O4.C8H7N/c1-2-16-4-3-5-17(12-16)25-22-18-13-20-21(14-19(18)23-15-24-22)29-11-9-27-7-6-26-8-10-28-20;1-11-12-8-14-15(9-13(12)17-10-16-11)21-7-5-19-3-2-18-4-6-20-14;1-2-7-4-3-5-8(9)6-7/h1,3-5,12-15H,6-11H2,(H,23,24,25);8-10H,2-7H2,1H3;1,3-6H,9H2. The summed E-state index contributed by atoms with van der Waals surface area (Å²) in [5.41, 5.74) is 11.1. The first kappa shape index (κ1) is 41.9. The molecule has 14 heteroatoms. The number of aromatic nitrogens is 4. The Labute approximate surface area is 343 Å². The molecule has 0 saturated heterocycles. The monoisotopic (exact) mass is 798 g/mol. The van der Waals surface area contributed by atoms with E-state index in [9.17, 15) is 0 Å².